The van der Waals surface area contributed by atoms with E-state index in [4.69, 9.17) is 0 Å². The quantitative estimate of drug-likeness (QED) is 0.337. The third-order valence-electron chi connectivity index (χ3n) is 5.35. The van der Waals surface area contributed by atoms with Gasteiger partial charge < -0.3 is 0 Å². The van der Waals surface area contributed by atoms with Crippen LogP contribution in [0.2, 0.25) is 0 Å². The Morgan fingerprint density at radius 3 is 1.41 bits per heavy atom. The van der Waals surface area contributed by atoms with Gasteiger partial charge in [0.1, 0.15) is 0 Å². The molecule has 0 atom stereocenters. The lowest BCUT2D eigenvalue weighted by atomic mass is 10.1. The van der Waals surface area contributed by atoms with E-state index in [1.807, 2.05) is 22.7 Å². The summed E-state index contributed by atoms with van der Waals surface area (Å²) in [7, 11) is -0.549. The molecule has 6 aromatic rings. The summed E-state index contributed by atoms with van der Waals surface area (Å²) in [5, 5.41) is 8.77. The largest absolute Gasteiger partial charge is 0.135 e. The van der Waals surface area contributed by atoms with E-state index >= 15 is 0 Å². The Balaban J connectivity index is 1.57. The Labute approximate surface area is 167 Å². The fourth-order valence-corrected chi connectivity index (χ4v) is 8.86. The number of hydrogen-bond acceptors (Lipinski definition) is 2. The first-order valence-electron chi connectivity index (χ1n) is 9.17. The summed E-state index contributed by atoms with van der Waals surface area (Å²) in [5.41, 5.74) is 0. The average Bonchev–Trinajstić information content (AvgIpc) is 3.28. The second-order valence-corrected chi connectivity index (χ2v) is 10.9. The molecule has 2 aromatic heterocycles. The van der Waals surface area contributed by atoms with Crippen LogP contribution in [0.15, 0.2) is 84.9 Å². The van der Waals surface area contributed by atoms with Crippen molar-refractivity contribution >= 4 is 82.9 Å². The molecule has 0 aliphatic rings. The first kappa shape index (κ1) is 15.6. The van der Waals surface area contributed by atoms with Gasteiger partial charge in [0.25, 0.3) is 0 Å². The highest BCUT2D eigenvalue weighted by Gasteiger charge is 2.12. The molecule has 0 unspecified atom stereocenters. The van der Waals surface area contributed by atoms with Gasteiger partial charge in [-0.15, -0.1) is 22.7 Å². The van der Waals surface area contributed by atoms with E-state index in [-0.39, 0.29) is 0 Å². The van der Waals surface area contributed by atoms with E-state index < -0.39 is 9.52 Å². The van der Waals surface area contributed by atoms with Crippen molar-refractivity contribution in [3.8, 4) is 0 Å². The van der Waals surface area contributed by atoms with Crippen LogP contribution in [0.4, 0.5) is 0 Å². The molecule has 0 spiro atoms. The lowest BCUT2D eigenvalue weighted by molar-refractivity contribution is 1.85. The average molecular weight is 397 g/mol. The molecule has 2 heterocycles. The van der Waals surface area contributed by atoms with Crippen molar-refractivity contribution in [2.45, 2.75) is 0 Å². The molecule has 0 N–H and O–H groups in total. The maximum atomic E-state index is 2.36. The minimum absolute atomic E-state index is 0.549. The molecule has 3 heteroatoms. The predicted octanol–water partition coefficient (Wildman–Crippen LogP) is 5.54. The summed E-state index contributed by atoms with van der Waals surface area (Å²) >= 11 is 3.91. The first-order valence-corrected chi connectivity index (χ1v) is 12.2. The predicted molar refractivity (Wildman–Crippen MR) is 126 cm³/mol. The third kappa shape index (κ3) is 2.39. The molecule has 0 aliphatic carbocycles. The van der Waals surface area contributed by atoms with Crippen LogP contribution in [-0.2, 0) is 0 Å². The van der Waals surface area contributed by atoms with Crippen LogP contribution >= 0.6 is 22.7 Å². The van der Waals surface area contributed by atoms with Gasteiger partial charge in [-0.2, -0.15) is 0 Å². The van der Waals surface area contributed by atoms with Gasteiger partial charge in [-0.3, -0.25) is 0 Å². The van der Waals surface area contributed by atoms with Crippen LogP contribution in [0, 0.1) is 0 Å². The van der Waals surface area contributed by atoms with Gasteiger partial charge in [-0.05, 0) is 22.5 Å². The van der Waals surface area contributed by atoms with Crippen LogP contribution in [0.5, 0.6) is 0 Å². The van der Waals surface area contributed by atoms with Gasteiger partial charge in [-0.25, -0.2) is 0 Å². The van der Waals surface area contributed by atoms with E-state index in [9.17, 15) is 0 Å². The van der Waals surface area contributed by atoms with Crippen LogP contribution < -0.4 is 10.4 Å². The number of thiophene rings is 2. The summed E-state index contributed by atoms with van der Waals surface area (Å²) in [6.07, 6.45) is 0. The molecule has 0 saturated carbocycles. The molecule has 0 bridgehead atoms. The second-order valence-electron chi connectivity index (χ2n) is 6.96. The summed E-state index contributed by atoms with van der Waals surface area (Å²) < 4.78 is 5.77. The minimum Gasteiger partial charge on any atom is -0.135 e. The maximum absolute atomic E-state index is 2.36. The number of fused-ring (bicyclic) bond motifs is 6. The maximum Gasteiger partial charge on any atom is 0.0912 e. The lowest BCUT2D eigenvalue weighted by Crippen LogP contribution is -2.27. The van der Waals surface area contributed by atoms with E-state index in [0.29, 0.717) is 0 Å². The zero-order valence-corrected chi connectivity index (χ0v) is 17.7. The summed E-state index contributed by atoms with van der Waals surface area (Å²) in [6, 6.07) is 31.4. The molecule has 0 radical (unpaired) electrons. The van der Waals surface area contributed by atoms with Crippen LogP contribution in [-0.4, -0.2) is 9.52 Å². The third-order valence-corrected chi connectivity index (χ3v) is 10.3. The van der Waals surface area contributed by atoms with Crippen LogP contribution in [0.25, 0.3) is 40.3 Å². The SMILES string of the molecule is c1ccc2c(c1)sc1c([SiH2]c3cccc4c3sc3ccccc34)cccc12. The fraction of sp³-hybridized carbons (Fsp3) is 0. The van der Waals surface area contributed by atoms with E-state index in [2.05, 4.69) is 84.9 Å². The molecule has 0 aliphatic heterocycles. The molecule has 0 saturated heterocycles. The Kier molecular flexibility index (Phi) is 3.48. The van der Waals surface area contributed by atoms with Crippen molar-refractivity contribution in [2.24, 2.45) is 0 Å². The number of hydrogen-bond donors (Lipinski definition) is 0. The highest BCUT2D eigenvalue weighted by molar-refractivity contribution is 7.28. The van der Waals surface area contributed by atoms with E-state index in [1.54, 1.807) is 10.4 Å². The van der Waals surface area contributed by atoms with Crippen molar-refractivity contribution in [1.82, 2.24) is 0 Å². The zero-order chi connectivity index (χ0) is 17.8. The fourth-order valence-electron chi connectivity index (χ4n) is 4.09. The van der Waals surface area contributed by atoms with Crippen molar-refractivity contribution in [3.05, 3.63) is 84.9 Å². The van der Waals surface area contributed by atoms with Crippen LogP contribution in [0.3, 0.4) is 0 Å². The van der Waals surface area contributed by atoms with Gasteiger partial charge >= 0.3 is 0 Å². The van der Waals surface area contributed by atoms with Crippen molar-refractivity contribution in [2.75, 3.05) is 0 Å². The van der Waals surface area contributed by atoms with Gasteiger partial charge in [0, 0.05) is 40.3 Å². The monoisotopic (exact) mass is 396 g/mol. The molecule has 4 aromatic carbocycles. The number of rotatable bonds is 2. The molecule has 0 fully saturated rings. The topological polar surface area (TPSA) is 0 Å². The smallest absolute Gasteiger partial charge is 0.0912 e. The summed E-state index contributed by atoms with van der Waals surface area (Å²) in [6.45, 7) is 0. The van der Waals surface area contributed by atoms with Gasteiger partial charge in [0.2, 0.25) is 0 Å². The summed E-state index contributed by atoms with van der Waals surface area (Å²) in [5.74, 6) is 0. The van der Waals surface area contributed by atoms with E-state index in [0.717, 1.165) is 0 Å². The Morgan fingerprint density at radius 1 is 0.444 bits per heavy atom. The molecule has 0 amide bonds. The van der Waals surface area contributed by atoms with Crippen LogP contribution in [0.1, 0.15) is 0 Å². The van der Waals surface area contributed by atoms with Gasteiger partial charge in [0.15, 0.2) is 0 Å². The van der Waals surface area contributed by atoms with Gasteiger partial charge in [-0.1, -0.05) is 72.8 Å². The van der Waals surface area contributed by atoms with Crippen molar-refractivity contribution in [1.29, 1.82) is 0 Å². The minimum atomic E-state index is -0.549. The Bertz CT molecular complexity index is 1340. The van der Waals surface area contributed by atoms with E-state index in [1.165, 1.54) is 40.3 Å². The lowest BCUT2D eigenvalue weighted by Gasteiger charge is -2.05. The molecular weight excluding hydrogens is 380 g/mol. The Hall–Kier alpha value is -2.46. The van der Waals surface area contributed by atoms with Gasteiger partial charge in [0.05, 0.1) is 9.52 Å². The molecule has 0 nitrogen and oxygen atoms in total. The van der Waals surface area contributed by atoms with Crippen molar-refractivity contribution in [3.63, 3.8) is 0 Å². The first-order chi connectivity index (χ1) is 13.4. The second kappa shape index (κ2) is 6.03. The summed E-state index contributed by atoms with van der Waals surface area (Å²) in [4.78, 5) is 0. The standard InChI is InChI=1S/C24H16S2Si/c1-3-11-19-15(7-1)17-9-5-13-21(23(17)25-19)27-22-14-6-10-18-16-8-2-4-12-20(16)26-24(18)22/h1-14H,27H2. The highest BCUT2D eigenvalue weighted by Crippen LogP contribution is 2.34. The Morgan fingerprint density at radius 2 is 0.889 bits per heavy atom. The zero-order valence-electron chi connectivity index (χ0n) is 14.6. The number of benzene rings is 4. The molecule has 27 heavy (non-hydrogen) atoms. The normalized spacial score (nSPS) is 11.9. The molecule has 128 valence electrons. The highest BCUT2D eigenvalue weighted by atomic mass is 32.1. The molecule has 6 rings (SSSR count). The molecular formula is C24H16S2Si. The van der Waals surface area contributed by atoms with Crippen molar-refractivity contribution < 1.29 is 0 Å².